The summed E-state index contributed by atoms with van der Waals surface area (Å²) < 4.78 is 0. The van der Waals surface area contributed by atoms with Gasteiger partial charge in [0.05, 0.1) is 6.04 Å². The lowest BCUT2D eigenvalue weighted by atomic mass is 9.92. The number of nitrogens with zero attached hydrogens (tertiary/aromatic N) is 2. The van der Waals surface area contributed by atoms with E-state index in [1.807, 2.05) is 4.90 Å². The van der Waals surface area contributed by atoms with Crippen LogP contribution in [-0.4, -0.2) is 48.9 Å². The minimum atomic E-state index is -0.0488. The standard InChI is InChI=1S/C16H27N3OS/c1-6-12-15(20)19(11-16(2,3)10-18(4)5)14(17-12)13-8-7-9-21-13/h7-9,12,14,17H,6,10-11H2,1-5H3. The molecule has 118 valence electrons. The Bertz CT molecular complexity index is 470. The first-order valence-electron chi connectivity index (χ1n) is 7.59. The number of amides is 1. The summed E-state index contributed by atoms with van der Waals surface area (Å²) >= 11 is 1.71. The summed E-state index contributed by atoms with van der Waals surface area (Å²) in [5.74, 6) is 0.239. The fourth-order valence-electron chi connectivity index (χ4n) is 3.19. The molecule has 1 fully saturated rings. The quantitative estimate of drug-likeness (QED) is 0.877. The second kappa shape index (κ2) is 6.46. The molecular formula is C16H27N3OS. The van der Waals surface area contributed by atoms with Crippen LogP contribution in [0.3, 0.4) is 0 Å². The van der Waals surface area contributed by atoms with Crippen molar-refractivity contribution in [2.45, 2.75) is 39.4 Å². The molecule has 1 N–H and O–H groups in total. The minimum Gasteiger partial charge on any atom is -0.320 e. The van der Waals surface area contributed by atoms with E-state index < -0.39 is 0 Å². The van der Waals surface area contributed by atoms with Crippen LogP contribution in [0.4, 0.5) is 0 Å². The SMILES string of the molecule is CCC1NC(c2cccs2)N(CC(C)(C)CN(C)C)C1=O. The summed E-state index contributed by atoms with van der Waals surface area (Å²) in [6.45, 7) is 8.26. The maximum absolute atomic E-state index is 12.7. The van der Waals surface area contributed by atoms with Gasteiger partial charge in [0.1, 0.15) is 6.17 Å². The Kier molecular flexibility index (Phi) is 5.07. The van der Waals surface area contributed by atoms with E-state index in [1.165, 1.54) is 4.88 Å². The van der Waals surface area contributed by atoms with Crippen molar-refractivity contribution in [2.75, 3.05) is 27.2 Å². The predicted molar refractivity (Wildman–Crippen MR) is 88.3 cm³/mol. The molecule has 1 aromatic heterocycles. The molecule has 1 saturated heterocycles. The van der Waals surface area contributed by atoms with Crippen molar-refractivity contribution >= 4 is 17.2 Å². The maximum atomic E-state index is 12.7. The molecular weight excluding hydrogens is 282 g/mol. The van der Waals surface area contributed by atoms with Gasteiger partial charge in [0.15, 0.2) is 0 Å². The molecule has 4 nitrogen and oxygen atoms in total. The molecule has 2 rings (SSSR count). The molecule has 0 spiro atoms. The third kappa shape index (κ3) is 3.84. The van der Waals surface area contributed by atoms with E-state index in [2.05, 4.69) is 62.6 Å². The largest absolute Gasteiger partial charge is 0.320 e. The first kappa shape index (κ1) is 16.5. The molecule has 0 radical (unpaired) electrons. The van der Waals surface area contributed by atoms with Crippen LogP contribution >= 0.6 is 11.3 Å². The van der Waals surface area contributed by atoms with Gasteiger partial charge in [0.25, 0.3) is 0 Å². The first-order chi connectivity index (χ1) is 9.84. The van der Waals surface area contributed by atoms with Crippen LogP contribution in [0.5, 0.6) is 0 Å². The average Bonchev–Trinajstić information content (AvgIpc) is 2.97. The molecule has 21 heavy (non-hydrogen) atoms. The van der Waals surface area contributed by atoms with Crippen LogP contribution in [0, 0.1) is 5.41 Å². The van der Waals surface area contributed by atoms with Crippen molar-refractivity contribution in [2.24, 2.45) is 5.41 Å². The summed E-state index contributed by atoms with van der Waals surface area (Å²) in [5, 5.41) is 5.57. The first-order valence-corrected chi connectivity index (χ1v) is 8.46. The summed E-state index contributed by atoms with van der Waals surface area (Å²) in [6, 6.07) is 4.11. The van der Waals surface area contributed by atoms with Gasteiger partial charge in [-0.15, -0.1) is 11.3 Å². The molecule has 0 saturated carbocycles. The van der Waals surface area contributed by atoms with Gasteiger partial charge in [-0.2, -0.15) is 0 Å². The summed E-state index contributed by atoms with van der Waals surface area (Å²) in [6.07, 6.45) is 0.870. The Labute approximate surface area is 132 Å². The van der Waals surface area contributed by atoms with E-state index in [0.717, 1.165) is 19.5 Å². The fraction of sp³-hybridized carbons (Fsp3) is 0.688. The van der Waals surface area contributed by atoms with Gasteiger partial charge < -0.3 is 9.80 Å². The van der Waals surface area contributed by atoms with E-state index in [9.17, 15) is 4.79 Å². The number of thiophene rings is 1. The molecule has 1 aromatic rings. The highest BCUT2D eigenvalue weighted by molar-refractivity contribution is 7.10. The van der Waals surface area contributed by atoms with Crippen LogP contribution in [0.2, 0.25) is 0 Å². The van der Waals surface area contributed by atoms with Gasteiger partial charge in [-0.05, 0) is 37.4 Å². The second-order valence-corrected chi connectivity index (χ2v) is 7.89. The van der Waals surface area contributed by atoms with Crippen molar-refractivity contribution in [3.8, 4) is 0 Å². The van der Waals surface area contributed by atoms with E-state index in [-0.39, 0.29) is 23.5 Å². The van der Waals surface area contributed by atoms with Crippen molar-refractivity contribution in [3.63, 3.8) is 0 Å². The molecule has 1 aliphatic heterocycles. The van der Waals surface area contributed by atoms with Gasteiger partial charge in [-0.25, -0.2) is 0 Å². The Morgan fingerprint density at radius 1 is 1.43 bits per heavy atom. The van der Waals surface area contributed by atoms with Gasteiger partial charge in [0.2, 0.25) is 5.91 Å². The Balaban J connectivity index is 2.19. The zero-order valence-corrected chi connectivity index (χ0v) is 14.5. The molecule has 2 unspecified atom stereocenters. The fourth-order valence-corrected chi connectivity index (χ4v) is 3.99. The summed E-state index contributed by atoms with van der Waals surface area (Å²) in [4.78, 5) is 18.1. The monoisotopic (exact) mass is 309 g/mol. The summed E-state index contributed by atoms with van der Waals surface area (Å²) in [5.41, 5.74) is 0.0684. The second-order valence-electron chi connectivity index (χ2n) is 6.91. The molecule has 0 aromatic carbocycles. The van der Waals surface area contributed by atoms with Crippen LogP contribution in [0.1, 0.15) is 38.2 Å². The molecule has 2 heterocycles. The molecule has 1 aliphatic rings. The highest BCUT2D eigenvalue weighted by Gasteiger charge is 2.41. The smallest absolute Gasteiger partial charge is 0.241 e. The number of hydrogen-bond acceptors (Lipinski definition) is 4. The third-order valence-electron chi connectivity index (χ3n) is 3.82. The maximum Gasteiger partial charge on any atom is 0.241 e. The van der Waals surface area contributed by atoms with Crippen LogP contribution in [0.15, 0.2) is 17.5 Å². The van der Waals surface area contributed by atoms with Crippen LogP contribution < -0.4 is 5.32 Å². The number of carbonyl (C=O) groups excluding carboxylic acids is 1. The lowest BCUT2D eigenvalue weighted by molar-refractivity contribution is -0.131. The number of nitrogens with one attached hydrogen (secondary N) is 1. The number of rotatable bonds is 6. The normalized spacial score (nSPS) is 23.3. The average molecular weight is 309 g/mol. The highest BCUT2D eigenvalue weighted by Crippen LogP contribution is 2.32. The number of hydrogen-bond donors (Lipinski definition) is 1. The Hall–Kier alpha value is -0.910. The van der Waals surface area contributed by atoms with Crippen molar-refractivity contribution in [1.29, 1.82) is 0 Å². The van der Waals surface area contributed by atoms with E-state index in [4.69, 9.17) is 0 Å². The van der Waals surface area contributed by atoms with E-state index >= 15 is 0 Å². The Morgan fingerprint density at radius 2 is 2.14 bits per heavy atom. The lowest BCUT2D eigenvalue weighted by Crippen LogP contribution is -2.42. The van der Waals surface area contributed by atoms with Gasteiger partial charge in [0, 0.05) is 18.0 Å². The van der Waals surface area contributed by atoms with Gasteiger partial charge >= 0.3 is 0 Å². The lowest BCUT2D eigenvalue weighted by Gasteiger charge is -2.35. The Morgan fingerprint density at radius 3 is 2.67 bits per heavy atom. The van der Waals surface area contributed by atoms with Crippen molar-refractivity contribution < 1.29 is 4.79 Å². The predicted octanol–water partition coefficient (Wildman–Crippen LogP) is 2.54. The van der Waals surface area contributed by atoms with Crippen LogP contribution in [0.25, 0.3) is 0 Å². The minimum absolute atomic E-state index is 0.0314. The zero-order valence-electron chi connectivity index (χ0n) is 13.7. The molecule has 5 heteroatoms. The zero-order chi connectivity index (χ0) is 15.6. The van der Waals surface area contributed by atoms with Gasteiger partial charge in [-0.1, -0.05) is 26.8 Å². The number of carbonyl (C=O) groups is 1. The molecule has 1 amide bonds. The van der Waals surface area contributed by atoms with Crippen molar-refractivity contribution in [1.82, 2.24) is 15.1 Å². The molecule has 2 atom stereocenters. The van der Waals surface area contributed by atoms with E-state index in [0.29, 0.717) is 0 Å². The molecule has 0 bridgehead atoms. The van der Waals surface area contributed by atoms with E-state index in [1.54, 1.807) is 11.3 Å². The molecule has 0 aliphatic carbocycles. The van der Waals surface area contributed by atoms with Crippen molar-refractivity contribution in [3.05, 3.63) is 22.4 Å². The highest BCUT2D eigenvalue weighted by atomic mass is 32.1. The van der Waals surface area contributed by atoms with Crippen LogP contribution in [-0.2, 0) is 4.79 Å². The third-order valence-corrected chi connectivity index (χ3v) is 4.74. The summed E-state index contributed by atoms with van der Waals surface area (Å²) in [7, 11) is 4.16. The van der Waals surface area contributed by atoms with Gasteiger partial charge in [-0.3, -0.25) is 10.1 Å². The topological polar surface area (TPSA) is 35.6 Å².